The number of hydrogen-bond donors (Lipinski definition) is 0. The van der Waals surface area contributed by atoms with Crippen molar-refractivity contribution in [2.24, 2.45) is 7.05 Å². The topological polar surface area (TPSA) is 39.1 Å². The highest BCUT2D eigenvalue weighted by atomic mass is 16.3. The van der Waals surface area contributed by atoms with Gasteiger partial charge in [0, 0.05) is 51.4 Å². The van der Waals surface area contributed by atoms with Gasteiger partial charge in [-0.15, -0.1) is 0 Å². The van der Waals surface area contributed by atoms with E-state index in [9.17, 15) is 0 Å². The molecule has 0 saturated heterocycles. The Kier molecular flexibility index (Phi) is 7.40. The van der Waals surface area contributed by atoms with Crippen molar-refractivity contribution < 1.29 is 4.42 Å². The quantitative estimate of drug-likeness (QED) is 0.163. The van der Waals surface area contributed by atoms with Crippen LogP contribution in [0.15, 0.2) is 132 Å². The molecule has 5 heterocycles. The lowest BCUT2D eigenvalue weighted by molar-refractivity contribution is 0.590. The van der Waals surface area contributed by atoms with Crippen molar-refractivity contribution in [1.29, 1.82) is 0 Å². The summed E-state index contributed by atoms with van der Waals surface area (Å²) in [4.78, 5) is 8.05. The highest BCUT2D eigenvalue weighted by Crippen LogP contribution is 2.52. The van der Waals surface area contributed by atoms with E-state index in [1.807, 2.05) is 0 Å². The molecule has 0 radical (unpaired) electrons. The maximum Gasteiger partial charge on any atom is 0.333 e. The standard InChI is InChI=1S/C56H51BN4O/c1-54(2,3)33-20-24-36(25-21-33)61-43-27-23-35(56(7,8)9)29-39(43)47-48-37-18-14-15-19-46(37)62-52(48)49-38-28-34(55(4,5)6)22-26-42(38)60-44-31-45-41(30-40(44)57(61)50(47)51(49)60)58-53(59(45)10)32-16-12-11-13-17-32/h11-31H,1-10H3. The molecule has 304 valence electrons. The molecular weight excluding hydrogens is 755 g/mol. The van der Waals surface area contributed by atoms with Crippen LogP contribution in [0.2, 0.25) is 0 Å². The van der Waals surface area contributed by atoms with Gasteiger partial charge in [0.1, 0.15) is 17.0 Å². The minimum absolute atomic E-state index is 0.0258. The van der Waals surface area contributed by atoms with Gasteiger partial charge in [0.05, 0.1) is 27.5 Å². The van der Waals surface area contributed by atoms with E-state index >= 15 is 0 Å². The van der Waals surface area contributed by atoms with E-state index in [-0.39, 0.29) is 23.1 Å². The van der Waals surface area contributed by atoms with Gasteiger partial charge in [0.15, 0.2) is 0 Å². The summed E-state index contributed by atoms with van der Waals surface area (Å²) in [6, 6.07) is 47.8. The Bertz CT molecular complexity index is 3530. The zero-order valence-electron chi connectivity index (χ0n) is 37.4. The van der Waals surface area contributed by atoms with Crippen LogP contribution < -0.4 is 15.7 Å². The van der Waals surface area contributed by atoms with E-state index in [1.165, 1.54) is 83.0 Å². The molecular formula is C56H51BN4O. The first kappa shape index (κ1) is 37.3. The summed E-state index contributed by atoms with van der Waals surface area (Å²) in [6.07, 6.45) is 0. The second-order valence-corrected chi connectivity index (χ2v) is 20.9. The molecule has 0 atom stereocenters. The van der Waals surface area contributed by atoms with Crippen LogP contribution in [-0.2, 0) is 23.3 Å². The molecule has 6 heteroatoms. The van der Waals surface area contributed by atoms with Crippen molar-refractivity contribution in [2.45, 2.75) is 78.6 Å². The summed E-state index contributed by atoms with van der Waals surface area (Å²) in [7, 11) is 2.16. The summed E-state index contributed by atoms with van der Waals surface area (Å²) < 4.78 is 12.0. The van der Waals surface area contributed by atoms with Crippen LogP contribution in [0, 0.1) is 0 Å². The second-order valence-electron chi connectivity index (χ2n) is 20.9. The third kappa shape index (κ3) is 5.07. The number of nitrogens with zero attached hydrogens (tertiary/aromatic N) is 4. The monoisotopic (exact) mass is 806 g/mol. The van der Waals surface area contributed by atoms with Gasteiger partial charge >= 0.3 is 6.85 Å². The number of anilines is 2. The van der Waals surface area contributed by atoms with Crippen LogP contribution in [0.4, 0.5) is 11.4 Å². The number of rotatable bonds is 2. The number of furan rings is 1. The van der Waals surface area contributed by atoms with Gasteiger partial charge in [-0.1, -0.05) is 135 Å². The lowest BCUT2D eigenvalue weighted by Crippen LogP contribution is -2.60. The summed E-state index contributed by atoms with van der Waals surface area (Å²) in [6.45, 7) is 20.6. The summed E-state index contributed by atoms with van der Waals surface area (Å²) in [5.41, 5.74) is 19.9. The van der Waals surface area contributed by atoms with Crippen LogP contribution in [0.1, 0.15) is 79.0 Å². The Morgan fingerprint density at radius 1 is 0.581 bits per heavy atom. The average molecular weight is 807 g/mol. The molecule has 3 aromatic heterocycles. The first-order valence-corrected chi connectivity index (χ1v) is 22.1. The van der Waals surface area contributed by atoms with E-state index < -0.39 is 0 Å². The number of aromatic nitrogens is 3. The van der Waals surface area contributed by atoms with Crippen LogP contribution in [-0.4, -0.2) is 21.0 Å². The molecule has 62 heavy (non-hydrogen) atoms. The molecule has 0 bridgehead atoms. The van der Waals surface area contributed by atoms with Gasteiger partial charge in [-0.2, -0.15) is 0 Å². The zero-order valence-corrected chi connectivity index (χ0v) is 37.4. The Hall–Kier alpha value is -6.53. The highest BCUT2D eigenvalue weighted by molar-refractivity contribution is 6.94. The smallest absolute Gasteiger partial charge is 0.333 e. The summed E-state index contributed by atoms with van der Waals surface area (Å²) in [5.74, 6) is 0.959. The van der Waals surface area contributed by atoms with Crippen LogP contribution in [0.5, 0.6) is 0 Å². The van der Waals surface area contributed by atoms with Crippen molar-refractivity contribution in [2.75, 3.05) is 4.81 Å². The predicted octanol–water partition coefficient (Wildman–Crippen LogP) is 13.4. The fourth-order valence-electron chi connectivity index (χ4n) is 10.6. The third-order valence-corrected chi connectivity index (χ3v) is 14.0. The highest BCUT2D eigenvalue weighted by Gasteiger charge is 2.46. The first-order valence-electron chi connectivity index (χ1n) is 22.1. The van der Waals surface area contributed by atoms with E-state index in [4.69, 9.17) is 9.40 Å². The lowest BCUT2D eigenvalue weighted by atomic mass is 9.43. The maximum absolute atomic E-state index is 7.20. The molecule has 0 spiro atoms. The SMILES string of the molecule is Cn1c(-c2ccccc2)nc2cc3c(cc21)-n1c2ccc(C(C)(C)C)cc2c2c4oc5ccccc5c4c4c(c21)B3N(c1ccc(C(C)(C)C)cc1)c1ccc(C(C)(C)C)cc1-4. The number of hydrogen-bond acceptors (Lipinski definition) is 3. The maximum atomic E-state index is 7.20. The van der Waals surface area contributed by atoms with Gasteiger partial charge in [0.25, 0.3) is 0 Å². The number of imidazole rings is 1. The molecule has 5 nitrogen and oxygen atoms in total. The molecule has 0 N–H and O–H groups in total. The van der Waals surface area contributed by atoms with Crippen molar-refractivity contribution in [1.82, 2.24) is 14.1 Å². The van der Waals surface area contributed by atoms with Crippen molar-refractivity contribution in [3.8, 4) is 28.2 Å². The second kappa shape index (κ2) is 12.3. The first-order chi connectivity index (χ1) is 29.6. The van der Waals surface area contributed by atoms with E-state index in [0.29, 0.717) is 0 Å². The molecule has 12 rings (SSSR count). The summed E-state index contributed by atoms with van der Waals surface area (Å²) >= 11 is 0. The van der Waals surface area contributed by atoms with Crippen LogP contribution >= 0.6 is 0 Å². The average Bonchev–Trinajstić information content (AvgIpc) is 3.91. The molecule has 0 aliphatic carbocycles. The van der Waals surface area contributed by atoms with Crippen molar-refractivity contribution >= 4 is 83.9 Å². The van der Waals surface area contributed by atoms with Crippen LogP contribution in [0.25, 0.3) is 83.0 Å². The molecule has 2 aliphatic rings. The number of benzene rings is 7. The molecule has 7 aromatic carbocycles. The predicted molar refractivity (Wildman–Crippen MR) is 263 cm³/mol. The fourth-order valence-corrected chi connectivity index (χ4v) is 10.6. The van der Waals surface area contributed by atoms with E-state index in [2.05, 4.69) is 211 Å². The number of aryl methyl sites for hydroxylation is 1. The van der Waals surface area contributed by atoms with Crippen LogP contribution in [0.3, 0.4) is 0 Å². The zero-order chi connectivity index (χ0) is 42.8. The summed E-state index contributed by atoms with van der Waals surface area (Å²) in [5, 5.41) is 4.74. The van der Waals surface area contributed by atoms with Gasteiger partial charge in [-0.3, -0.25) is 0 Å². The normalized spacial score (nSPS) is 13.9. The van der Waals surface area contributed by atoms with Gasteiger partial charge < -0.3 is 18.4 Å². The molecule has 0 fully saturated rings. The van der Waals surface area contributed by atoms with E-state index in [0.717, 1.165) is 39.0 Å². The lowest BCUT2D eigenvalue weighted by Gasteiger charge is -2.42. The molecule has 0 amide bonds. The Balaban J connectivity index is 1.31. The van der Waals surface area contributed by atoms with Gasteiger partial charge in [0.2, 0.25) is 0 Å². The molecule has 0 saturated carbocycles. The molecule has 10 aromatic rings. The number of para-hydroxylation sites is 1. The van der Waals surface area contributed by atoms with Gasteiger partial charge in [-0.25, -0.2) is 4.98 Å². The van der Waals surface area contributed by atoms with Crippen molar-refractivity contribution in [3.63, 3.8) is 0 Å². The minimum Gasteiger partial charge on any atom is -0.455 e. The minimum atomic E-state index is -0.167. The molecule has 0 unspecified atom stereocenters. The number of fused-ring (bicyclic) bond motifs is 14. The van der Waals surface area contributed by atoms with Gasteiger partial charge in [-0.05, 0) is 104 Å². The fraction of sp³-hybridized carbons (Fsp3) is 0.232. The molecule has 2 aliphatic heterocycles. The Morgan fingerprint density at radius 2 is 1.24 bits per heavy atom. The Morgan fingerprint density at radius 3 is 1.97 bits per heavy atom. The Labute approximate surface area is 363 Å². The largest absolute Gasteiger partial charge is 0.455 e. The van der Waals surface area contributed by atoms with Crippen molar-refractivity contribution in [3.05, 3.63) is 144 Å². The van der Waals surface area contributed by atoms with E-state index in [1.54, 1.807) is 0 Å². The third-order valence-electron chi connectivity index (χ3n) is 14.0.